The number of carbonyl (C=O) groups excluding carboxylic acids is 1. The fourth-order valence-corrected chi connectivity index (χ4v) is 2.06. The number of rotatable bonds is 6. The summed E-state index contributed by atoms with van der Waals surface area (Å²) in [7, 11) is 0. The monoisotopic (exact) mass is 262 g/mol. The summed E-state index contributed by atoms with van der Waals surface area (Å²) in [6.07, 6.45) is -5.15. The number of hydrogen-bond acceptors (Lipinski definition) is 2. The van der Waals surface area contributed by atoms with Gasteiger partial charge in [-0.05, 0) is 18.6 Å². The van der Waals surface area contributed by atoms with Gasteiger partial charge in [-0.25, -0.2) is 0 Å². The van der Waals surface area contributed by atoms with Crippen molar-refractivity contribution in [2.45, 2.75) is 30.3 Å². The molecule has 17 heavy (non-hydrogen) atoms. The van der Waals surface area contributed by atoms with Gasteiger partial charge < -0.3 is 0 Å². The number of carbonyl (C=O) groups is 1. The zero-order valence-corrected chi connectivity index (χ0v) is 9.98. The Morgan fingerprint density at radius 3 is 2.41 bits per heavy atom. The van der Waals surface area contributed by atoms with Crippen LogP contribution in [0.1, 0.15) is 19.3 Å². The summed E-state index contributed by atoms with van der Waals surface area (Å²) >= 11 is 1.36. The summed E-state index contributed by atoms with van der Waals surface area (Å²) in [4.78, 5) is 12.3. The van der Waals surface area contributed by atoms with Crippen LogP contribution in [0.25, 0.3) is 0 Å². The highest BCUT2D eigenvalue weighted by molar-refractivity contribution is 8.00. The smallest absolute Gasteiger partial charge is 0.299 e. The Balaban J connectivity index is 2.18. The van der Waals surface area contributed by atoms with E-state index < -0.39 is 12.6 Å². The quantitative estimate of drug-likeness (QED) is 0.718. The number of Topliss-reactive ketones (excluding diaryl/α,β-unsaturated/α-hetero) is 1. The molecular formula is C12H13F3OS. The predicted octanol–water partition coefficient (Wildman–Crippen LogP) is 4.08. The topological polar surface area (TPSA) is 17.1 Å². The summed E-state index contributed by atoms with van der Waals surface area (Å²) in [6, 6.07) is 9.32. The number of halogens is 3. The van der Waals surface area contributed by atoms with Crippen LogP contribution in [0, 0.1) is 0 Å². The highest BCUT2D eigenvalue weighted by Crippen LogP contribution is 2.23. The first-order chi connectivity index (χ1) is 7.97. The van der Waals surface area contributed by atoms with Gasteiger partial charge in [-0.3, -0.25) is 4.79 Å². The van der Waals surface area contributed by atoms with E-state index in [1.807, 2.05) is 30.3 Å². The molecule has 5 heteroatoms. The molecule has 0 saturated heterocycles. The van der Waals surface area contributed by atoms with Crippen LogP contribution in [0.3, 0.4) is 0 Å². The van der Waals surface area contributed by atoms with E-state index in [9.17, 15) is 18.0 Å². The van der Waals surface area contributed by atoms with Crippen molar-refractivity contribution < 1.29 is 18.0 Å². The molecule has 1 aromatic rings. The maximum absolute atomic E-state index is 11.8. The first-order valence-corrected chi connectivity index (χ1v) is 6.22. The van der Waals surface area contributed by atoms with Crippen molar-refractivity contribution in [1.82, 2.24) is 0 Å². The Morgan fingerprint density at radius 2 is 1.82 bits per heavy atom. The summed E-state index contributed by atoms with van der Waals surface area (Å²) in [5.74, 6) is 0.102. The van der Waals surface area contributed by atoms with Crippen LogP contribution in [-0.4, -0.2) is 17.7 Å². The minimum atomic E-state index is -4.16. The van der Waals surface area contributed by atoms with Crippen LogP contribution >= 0.6 is 11.8 Å². The highest BCUT2D eigenvalue weighted by Gasteiger charge is 2.26. The van der Waals surface area contributed by atoms with E-state index in [2.05, 4.69) is 0 Å². The first kappa shape index (κ1) is 14.1. The second-order valence-corrected chi connectivity index (χ2v) is 4.66. The molecule has 0 bridgehead atoms. The van der Waals surface area contributed by atoms with Crippen LogP contribution in [0.15, 0.2) is 35.2 Å². The lowest BCUT2D eigenvalue weighted by molar-refractivity contribution is -0.136. The Bertz CT molecular complexity index is 349. The number of alkyl halides is 3. The molecule has 0 saturated carbocycles. The third-order valence-corrected chi connectivity index (χ3v) is 3.13. The lowest BCUT2D eigenvalue weighted by atomic mass is 10.2. The van der Waals surface area contributed by atoms with Crippen molar-refractivity contribution >= 4 is 17.5 Å². The molecule has 0 atom stereocenters. The number of benzene rings is 1. The number of hydrogen-bond donors (Lipinski definition) is 0. The van der Waals surface area contributed by atoms with Gasteiger partial charge in [0.2, 0.25) is 0 Å². The standard InChI is InChI=1S/C12H13F3OS/c13-12(14,15)8-4-5-10(16)9-17-11-6-2-1-3-7-11/h1-3,6-7H,4-5,8-9H2. The zero-order chi connectivity index (χ0) is 12.7. The van der Waals surface area contributed by atoms with Crippen molar-refractivity contribution in [3.63, 3.8) is 0 Å². The molecule has 0 heterocycles. The predicted molar refractivity (Wildman–Crippen MR) is 62.1 cm³/mol. The number of thioether (sulfide) groups is 1. The van der Waals surface area contributed by atoms with E-state index in [0.29, 0.717) is 0 Å². The largest absolute Gasteiger partial charge is 0.389 e. The SMILES string of the molecule is O=C(CCCC(F)(F)F)CSc1ccccc1. The molecule has 0 radical (unpaired) electrons. The molecule has 0 spiro atoms. The molecule has 0 aromatic heterocycles. The average Bonchev–Trinajstić information content (AvgIpc) is 2.26. The maximum Gasteiger partial charge on any atom is 0.389 e. The summed E-state index contributed by atoms with van der Waals surface area (Å²) in [5.41, 5.74) is 0. The fraction of sp³-hybridized carbons (Fsp3) is 0.417. The molecule has 94 valence electrons. The first-order valence-electron chi connectivity index (χ1n) is 5.24. The van der Waals surface area contributed by atoms with Crippen molar-refractivity contribution in [3.05, 3.63) is 30.3 Å². The van der Waals surface area contributed by atoms with Crippen LogP contribution in [-0.2, 0) is 4.79 Å². The van der Waals surface area contributed by atoms with Gasteiger partial charge >= 0.3 is 6.18 Å². The average molecular weight is 262 g/mol. The van der Waals surface area contributed by atoms with Gasteiger partial charge in [0.15, 0.2) is 0 Å². The lowest BCUT2D eigenvalue weighted by Gasteiger charge is -2.05. The van der Waals surface area contributed by atoms with E-state index >= 15 is 0 Å². The van der Waals surface area contributed by atoms with Gasteiger partial charge in [-0.2, -0.15) is 13.2 Å². The Morgan fingerprint density at radius 1 is 1.18 bits per heavy atom. The van der Waals surface area contributed by atoms with Crippen LogP contribution < -0.4 is 0 Å². The summed E-state index contributed by atoms with van der Waals surface area (Å²) < 4.78 is 35.5. The molecule has 0 fully saturated rings. The summed E-state index contributed by atoms with van der Waals surface area (Å²) in [5, 5.41) is 0. The molecule has 0 aliphatic heterocycles. The Kier molecular flexibility index (Phi) is 5.55. The zero-order valence-electron chi connectivity index (χ0n) is 9.17. The molecule has 1 aromatic carbocycles. The third kappa shape index (κ3) is 7.05. The molecule has 0 amide bonds. The van der Waals surface area contributed by atoms with E-state index in [1.165, 1.54) is 11.8 Å². The van der Waals surface area contributed by atoms with E-state index in [0.717, 1.165) is 4.90 Å². The van der Waals surface area contributed by atoms with E-state index in [1.54, 1.807) is 0 Å². The van der Waals surface area contributed by atoms with E-state index in [-0.39, 0.29) is 24.4 Å². The normalized spacial score (nSPS) is 11.5. The minimum absolute atomic E-state index is 0.000651. The molecule has 0 unspecified atom stereocenters. The van der Waals surface area contributed by atoms with Gasteiger partial charge in [-0.1, -0.05) is 18.2 Å². The van der Waals surface area contributed by atoms with Crippen molar-refractivity contribution in [1.29, 1.82) is 0 Å². The van der Waals surface area contributed by atoms with Crippen molar-refractivity contribution in [3.8, 4) is 0 Å². The second kappa shape index (κ2) is 6.69. The molecular weight excluding hydrogens is 249 g/mol. The molecule has 1 rings (SSSR count). The second-order valence-electron chi connectivity index (χ2n) is 3.61. The lowest BCUT2D eigenvalue weighted by Crippen LogP contribution is -2.09. The fourth-order valence-electron chi connectivity index (χ4n) is 1.24. The van der Waals surface area contributed by atoms with E-state index in [4.69, 9.17) is 0 Å². The highest BCUT2D eigenvalue weighted by atomic mass is 32.2. The summed E-state index contributed by atoms with van der Waals surface area (Å²) in [6.45, 7) is 0. The van der Waals surface area contributed by atoms with Gasteiger partial charge in [0.25, 0.3) is 0 Å². The van der Waals surface area contributed by atoms with Crippen molar-refractivity contribution in [2.75, 3.05) is 5.75 Å². The third-order valence-electron chi connectivity index (χ3n) is 2.06. The Labute approximate surface area is 102 Å². The maximum atomic E-state index is 11.8. The van der Waals surface area contributed by atoms with Crippen LogP contribution in [0.2, 0.25) is 0 Å². The molecule has 0 aliphatic rings. The van der Waals surface area contributed by atoms with Gasteiger partial charge in [0.1, 0.15) is 5.78 Å². The van der Waals surface area contributed by atoms with Crippen LogP contribution in [0.5, 0.6) is 0 Å². The molecule has 0 N–H and O–H groups in total. The Hall–Kier alpha value is -0.970. The van der Waals surface area contributed by atoms with Gasteiger partial charge in [0.05, 0.1) is 5.75 Å². The van der Waals surface area contributed by atoms with Gasteiger partial charge in [0, 0.05) is 17.7 Å². The number of ketones is 1. The van der Waals surface area contributed by atoms with Crippen molar-refractivity contribution in [2.24, 2.45) is 0 Å². The van der Waals surface area contributed by atoms with Gasteiger partial charge in [-0.15, -0.1) is 11.8 Å². The molecule has 1 nitrogen and oxygen atoms in total. The minimum Gasteiger partial charge on any atom is -0.299 e. The van der Waals surface area contributed by atoms with Crippen LogP contribution in [0.4, 0.5) is 13.2 Å². The molecule has 0 aliphatic carbocycles.